The second-order valence-corrected chi connectivity index (χ2v) is 13.1. The van der Waals surface area contributed by atoms with Gasteiger partial charge in [-0.15, -0.1) is 11.3 Å². The minimum absolute atomic E-state index is 0.0314. The molecule has 3 heterocycles. The molecule has 4 rings (SSSR count). The van der Waals surface area contributed by atoms with Crippen LogP contribution in [0, 0.1) is 11.7 Å². The van der Waals surface area contributed by atoms with E-state index in [9.17, 15) is 13.2 Å². The molecule has 1 amide bonds. The van der Waals surface area contributed by atoms with Gasteiger partial charge in [-0.05, 0) is 48.6 Å². The standard InChI is InChI=1S/C29H33FN4O3S2/c1-19(2)15-24-17-25(21-8-9-22(26(30)16-21)18-34-14-13-32-28(34)20(3)4)29(38-24)39(36,37)33-27(35)11-10-23-7-5-6-12-31-23/h5-9,12-14,16-17,19-20H,10-11,15,18H2,1-4H3,(H,33,35)/i17D. The van der Waals surface area contributed by atoms with Crippen molar-refractivity contribution in [3.63, 3.8) is 0 Å². The fourth-order valence-electron chi connectivity index (χ4n) is 4.23. The molecule has 0 aliphatic heterocycles. The highest BCUT2D eigenvalue weighted by Gasteiger charge is 2.26. The van der Waals surface area contributed by atoms with Crippen molar-refractivity contribution in [3.8, 4) is 11.1 Å². The van der Waals surface area contributed by atoms with Crippen molar-refractivity contribution >= 4 is 27.3 Å². The van der Waals surface area contributed by atoms with Gasteiger partial charge in [-0.2, -0.15) is 0 Å². The van der Waals surface area contributed by atoms with Gasteiger partial charge in [0.2, 0.25) is 5.91 Å². The Bertz CT molecular complexity index is 1600. The molecule has 0 unspecified atom stereocenters. The molecule has 206 valence electrons. The number of aryl methyl sites for hydroxylation is 1. The molecular weight excluding hydrogens is 535 g/mol. The lowest BCUT2D eigenvalue weighted by Gasteiger charge is -2.12. The zero-order valence-electron chi connectivity index (χ0n) is 23.4. The molecule has 0 aliphatic rings. The molecule has 10 heteroatoms. The molecule has 1 aromatic carbocycles. The van der Waals surface area contributed by atoms with E-state index in [-0.39, 0.29) is 52.6 Å². The maximum Gasteiger partial charge on any atom is 0.274 e. The second kappa shape index (κ2) is 12.2. The van der Waals surface area contributed by atoms with Gasteiger partial charge in [0.25, 0.3) is 10.0 Å². The lowest BCUT2D eigenvalue weighted by atomic mass is 10.0. The van der Waals surface area contributed by atoms with Crippen molar-refractivity contribution in [1.29, 1.82) is 0 Å². The van der Waals surface area contributed by atoms with Gasteiger partial charge in [0, 0.05) is 52.6 Å². The van der Waals surface area contributed by atoms with Gasteiger partial charge in [0.1, 0.15) is 15.9 Å². The maximum absolute atomic E-state index is 15.4. The molecule has 0 saturated heterocycles. The van der Waals surface area contributed by atoms with Gasteiger partial charge in [-0.1, -0.05) is 45.9 Å². The number of nitrogens with one attached hydrogen (secondary N) is 1. The molecule has 39 heavy (non-hydrogen) atoms. The molecule has 3 aromatic heterocycles. The van der Waals surface area contributed by atoms with Crippen molar-refractivity contribution < 1.29 is 19.0 Å². The van der Waals surface area contributed by atoms with Crippen molar-refractivity contribution in [1.82, 2.24) is 19.3 Å². The first-order chi connectivity index (χ1) is 19.0. The Morgan fingerprint density at radius 1 is 1.15 bits per heavy atom. The average molecular weight is 570 g/mol. The third-order valence-corrected chi connectivity index (χ3v) is 9.05. The first-order valence-corrected chi connectivity index (χ1v) is 15.1. The first-order valence-electron chi connectivity index (χ1n) is 13.3. The topological polar surface area (TPSA) is 94.0 Å². The van der Waals surface area contributed by atoms with E-state index in [4.69, 9.17) is 1.37 Å². The predicted octanol–water partition coefficient (Wildman–Crippen LogP) is 5.95. The maximum atomic E-state index is 15.4. The van der Waals surface area contributed by atoms with Crippen LogP contribution in [0.25, 0.3) is 11.1 Å². The van der Waals surface area contributed by atoms with Crippen LogP contribution < -0.4 is 4.72 Å². The molecule has 7 nitrogen and oxygen atoms in total. The molecule has 0 saturated carbocycles. The van der Waals surface area contributed by atoms with Crippen LogP contribution in [0.1, 0.15) is 63.4 Å². The Morgan fingerprint density at radius 3 is 2.62 bits per heavy atom. The quantitative estimate of drug-likeness (QED) is 0.241. The highest BCUT2D eigenvalue weighted by Crippen LogP contribution is 2.37. The van der Waals surface area contributed by atoms with Gasteiger partial charge in [0.15, 0.2) is 0 Å². The van der Waals surface area contributed by atoms with Gasteiger partial charge in [0.05, 0.1) is 7.92 Å². The summed E-state index contributed by atoms with van der Waals surface area (Å²) in [6.07, 6.45) is 5.78. The fraction of sp³-hybridized carbons (Fsp3) is 0.345. The number of sulfonamides is 1. The van der Waals surface area contributed by atoms with Gasteiger partial charge in [-0.3, -0.25) is 9.78 Å². The normalized spacial score (nSPS) is 12.2. The first kappa shape index (κ1) is 27.2. The van der Waals surface area contributed by atoms with Gasteiger partial charge < -0.3 is 4.57 Å². The van der Waals surface area contributed by atoms with Gasteiger partial charge in [-0.25, -0.2) is 22.5 Å². The lowest BCUT2D eigenvalue weighted by Crippen LogP contribution is -2.30. The minimum Gasteiger partial charge on any atom is -0.330 e. The van der Waals surface area contributed by atoms with Crippen molar-refractivity contribution in [2.45, 2.75) is 63.6 Å². The lowest BCUT2D eigenvalue weighted by molar-refractivity contribution is -0.119. The van der Waals surface area contributed by atoms with Crippen LogP contribution >= 0.6 is 11.3 Å². The van der Waals surface area contributed by atoms with Crippen LogP contribution in [-0.4, -0.2) is 28.9 Å². The fourth-order valence-corrected chi connectivity index (χ4v) is 7.09. The van der Waals surface area contributed by atoms with Crippen molar-refractivity contribution in [3.05, 3.63) is 88.8 Å². The molecule has 4 aromatic rings. The summed E-state index contributed by atoms with van der Waals surface area (Å²) in [6.45, 7) is 8.25. The van der Waals surface area contributed by atoms with E-state index in [1.807, 2.05) is 32.3 Å². The van der Waals surface area contributed by atoms with E-state index in [0.717, 1.165) is 17.2 Å². The number of halogens is 1. The zero-order valence-corrected chi connectivity index (χ0v) is 24.1. The van der Waals surface area contributed by atoms with Crippen LogP contribution in [-0.2, 0) is 34.2 Å². The van der Waals surface area contributed by atoms with Crippen LogP contribution in [0.2, 0.25) is 0 Å². The summed E-state index contributed by atoms with van der Waals surface area (Å²) in [7, 11) is -4.32. The molecular formula is C29H33FN4O3S2. The molecule has 0 bridgehead atoms. The van der Waals surface area contributed by atoms with E-state index in [2.05, 4.69) is 14.7 Å². The number of carbonyl (C=O) groups excluding carboxylic acids is 1. The second-order valence-electron chi connectivity index (χ2n) is 10.1. The number of aromatic nitrogens is 3. The number of nitrogens with zero attached hydrogens (tertiary/aromatic N) is 3. The summed E-state index contributed by atoms with van der Waals surface area (Å²) in [5.74, 6) is -0.0199. The minimum atomic E-state index is -4.32. The molecule has 0 aliphatic carbocycles. The Hall–Kier alpha value is -3.37. The molecule has 0 atom stereocenters. The predicted molar refractivity (Wildman–Crippen MR) is 152 cm³/mol. The van der Waals surface area contributed by atoms with E-state index in [1.165, 1.54) is 6.07 Å². The number of amides is 1. The van der Waals surface area contributed by atoms with Crippen molar-refractivity contribution in [2.24, 2.45) is 5.92 Å². The van der Waals surface area contributed by atoms with Crippen LogP contribution in [0.3, 0.4) is 0 Å². The Kier molecular flexibility index (Phi) is 8.52. The molecule has 0 radical (unpaired) electrons. The number of hydrogen-bond donors (Lipinski definition) is 1. The SMILES string of the molecule is [2H]c1c(CC(C)C)sc(S(=O)(=O)NC(=O)CCc2ccccn2)c1-c1ccc(Cn2ccnc2C(C)C)c(F)c1. The number of carbonyl (C=O) groups is 1. The molecule has 0 spiro atoms. The monoisotopic (exact) mass is 569 g/mol. The average Bonchev–Trinajstić information content (AvgIpc) is 3.49. The summed E-state index contributed by atoms with van der Waals surface area (Å²) >= 11 is 0.954. The third-order valence-electron chi connectivity index (χ3n) is 6.05. The molecule has 1 N–H and O–H groups in total. The summed E-state index contributed by atoms with van der Waals surface area (Å²) < 4.78 is 54.9. The summed E-state index contributed by atoms with van der Waals surface area (Å²) in [5.41, 5.74) is 1.46. The van der Waals surface area contributed by atoms with Crippen molar-refractivity contribution in [2.75, 3.05) is 0 Å². The number of benzene rings is 1. The van der Waals surface area contributed by atoms with Gasteiger partial charge >= 0.3 is 0 Å². The highest BCUT2D eigenvalue weighted by molar-refractivity contribution is 7.92. The Balaban J connectivity index is 1.65. The summed E-state index contributed by atoms with van der Waals surface area (Å²) in [4.78, 5) is 21.7. The number of pyridine rings is 1. The number of imidazole rings is 1. The number of thiophene rings is 1. The Labute approximate surface area is 234 Å². The zero-order chi connectivity index (χ0) is 29.0. The van der Waals surface area contributed by atoms with Crippen LogP contribution in [0.5, 0.6) is 0 Å². The van der Waals surface area contributed by atoms with E-state index < -0.39 is 21.7 Å². The van der Waals surface area contributed by atoms with E-state index in [0.29, 0.717) is 22.6 Å². The van der Waals surface area contributed by atoms with E-state index >= 15 is 4.39 Å². The highest BCUT2D eigenvalue weighted by atomic mass is 32.2. The number of rotatable bonds is 11. The van der Waals surface area contributed by atoms with E-state index in [1.54, 1.807) is 48.9 Å². The number of hydrogen-bond acceptors (Lipinski definition) is 6. The Morgan fingerprint density at radius 2 is 1.95 bits per heavy atom. The smallest absolute Gasteiger partial charge is 0.274 e. The summed E-state index contributed by atoms with van der Waals surface area (Å²) in [5, 5.41) is 0. The summed E-state index contributed by atoms with van der Waals surface area (Å²) in [6, 6.07) is 9.85. The van der Waals surface area contributed by atoms with Crippen LogP contribution in [0.4, 0.5) is 4.39 Å². The molecule has 0 fully saturated rings. The largest absolute Gasteiger partial charge is 0.330 e. The third kappa shape index (κ3) is 7.19. The van der Waals surface area contributed by atoms with Crippen LogP contribution in [0.15, 0.2) is 65.2 Å².